The molecule has 0 spiro atoms. The Balaban J connectivity index is 1.32. The molecule has 1 aliphatic heterocycles. The Kier molecular flexibility index (Phi) is 8.63. The van der Waals surface area contributed by atoms with Crippen molar-refractivity contribution in [3.63, 3.8) is 0 Å². The average molecular weight is 593 g/mol. The van der Waals surface area contributed by atoms with Crippen LogP contribution in [0.2, 0.25) is 10.0 Å². The number of amides is 2. The SMILES string of the molecule is O=C(Nc1c(O)cc(Cl)cc1NC(=O)c1ccc(Cl)cn1)c1ccc(-c2ccnn(CCN3CCCC3)c2=O)cc1. The standard InChI is InChI=1S/C29H26Cl2N6O4/c30-20-7-8-23(32-17-20)28(40)34-24-15-21(31)16-25(38)26(24)35-27(39)19-5-3-18(4-6-19)22-9-10-33-37(29(22)41)14-13-36-11-1-2-12-36/h3-10,15-17,38H,1-2,11-14H2,(H,34,40)(H,35,39). The molecule has 210 valence electrons. The maximum atomic E-state index is 13.1. The van der Waals surface area contributed by atoms with E-state index >= 15 is 0 Å². The number of aromatic nitrogens is 3. The molecule has 0 radical (unpaired) electrons. The van der Waals surface area contributed by atoms with Crippen molar-refractivity contribution in [3.05, 3.63) is 98.6 Å². The summed E-state index contributed by atoms with van der Waals surface area (Å²) in [4.78, 5) is 45.2. The van der Waals surface area contributed by atoms with Gasteiger partial charge in [0.05, 0.1) is 22.8 Å². The highest BCUT2D eigenvalue weighted by molar-refractivity contribution is 6.31. The molecule has 1 saturated heterocycles. The summed E-state index contributed by atoms with van der Waals surface area (Å²) in [5.74, 6) is -1.48. The van der Waals surface area contributed by atoms with E-state index in [1.165, 1.54) is 48.0 Å². The number of halogens is 2. The fourth-order valence-corrected chi connectivity index (χ4v) is 4.90. The van der Waals surface area contributed by atoms with Gasteiger partial charge in [-0.25, -0.2) is 9.67 Å². The summed E-state index contributed by atoms with van der Waals surface area (Å²) < 4.78 is 1.47. The molecule has 0 saturated carbocycles. The van der Waals surface area contributed by atoms with Gasteiger partial charge in [-0.2, -0.15) is 5.10 Å². The highest BCUT2D eigenvalue weighted by Gasteiger charge is 2.18. The molecule has 2 aromatic carbocycles. The zero-order chi connectivity index (χ0) is 28.9. The van der Waals surface area contributed by atoms with Gasteiger partial charge in [0, 0.05) is 35.6 Å². The first-order valence-electron chi connectivity index (χ1n) is 12.9. The number of anilines is 2. The number of nitrogens with zero attached hydrogens (tertiary/aromatic N) is 4. The highest BCUT2D eigenvalue weighted by atomic mass is 35.5. The maximum absolute atomic E-state index is 13.1. The van der Waals surface area contributed by atoms with Crippen LogP contribution in [-0.4, -0.2) is 56.2 Å². The number of benzene rings is 2. The molecule has 12 heteroatoms. The lowest BCUT2D eigenvalue weighted by Crippen LogP contribution is -2.31. The van der Waals surface area contributed by atoms with Crippen molar-refractivity contribution in [1.29, 1.82) is 0 Å². The highest BCUT2D eigenvalue weighted by Crippen LogP contribution is 2.36. The molecule has 10 nitrogen and oxygen atoms in total. The fraction of sp³-hybridized carbons (Fsp3) is 0.207. The second-order valence-electron chi connectivity index (χ2n) is 9.52. The monoisotopic (exact) mass is 592 g/mol. The van der Waals surface area contributed by atoms with Crippen LogP contribution in [0.25, 0.3) is 11.1 Å². The lowest BCUT2D eigenvalue weighted by Gasteiger charge is -2.15. The number of carbonyl (C=O) groups is 2. The minimum absolute atomic E-state index is 0.0409. The minimum Gasteiger partial charge on any atom is -0.506 e. The van der Waals surface area contributed by atoms with Gasteiger partial charge < -0.3 is 20.6 Å². The summed E-state index contributed by atoms with van der Waals surface area (Å²) in [6.45, 7) is 3.36. The van der Waals surface area contributed by atoms with E-state index in [0.717, 1.165) is 19.6 Å². The molecule has 1 aliphatic rings. The number of pyridine rings is 1. The third kappa shape index (κ3) is 6.74. The Bertz CT molecular complexity index is 1640. The molecule has 2 aromatic heterocycles. The van der Waals surface area contributed by atoms with Crippen molar-refractivity contribution >= 4 is 46.4 Å². The van der Waals surface area contributed by atoms with Crippen LogP contribution < -0.4 is 16.2 Å². The molecule has 41 heavy (non-hydrogen) atoms. The Morgan fingerprint density at radius 1 is 0.902 bits per heavy atom. The quantitative estimate of drug-likeness (QED) is 0.248. The second-order valence-corrected chi connectivity index (χ2v) is 10.4. The molecule has 0 atom stereocenters. The van der Waals surface area contributed by atoms with E-state index in [4.69, 9.17) is 23.2 Å². The van der Waals surface area contributed by atoms with Gasteiger partial charge in [0.1, 0.15) is 17.1 Å². The third-order valence-electron chi connectivity index (χ3n) is 6.73. The number of nitrogens with one attached hydrogen (secondary N) is 2. The summed E-state index contributed by atoms with van der Waals surface area (Å²) in [7, 11) is 0. The van der Waals surface area contributed by atoms with Gasteiger partial charge in [-0.05, 0) is 67.9 Å². The first-order chi connectivity index (χ1) is 19.8. The van der Waals surface area contributed by atoms with E-state index in [2.05, 4.69) is 25.6 Å². The van der Waals surface area contributed by atoms with Crippen molar-refractivity contribution in [2.75, 3.05) is 30.3 Å². The molecule has 4 aromatic rings. The molecule has 0 unspecified atom stereocenters. The van der Waals surface area contributed by atoms with Gasteiger partial charge in [0.25, 0.3) is 17.4 Å². The molecule has 0 bridgehead atoms. The first-order valence-corrected chi connectivity index (χ1v) is 13.7. The molecule has 0 aliphatic carbocycles. The zero-order valence-corrected chi connectivity index (χ0v) is 23.3. The van der Waals surface area contributed by atoms with Gasteiger partial charge in [-0.3, -0.25) is 14.4 Å². The van der Waals surface area contributed by atoms with E-state index in [1.54, 1.807) is 36.5 Å². The summed E-state index contributed by atoms with van der Waals surface area (Å²) in [6, 6.07) is 13.7. The van der Waals surface area contributed by atoms with E-state index in [1.807, 2.05) is 0 Å². The number of hydrogen-bond acceptors (Lipinski definition) is 7. The van der Waals surface area contributed by atoms with E-state index < -0.39 is 11.8 Å². The minimum atomic E-state index is -0.591. The van der Waals surface area contributed by atoms with E-state index in [0.29, 0.717) is 22.7 Å². The van der Waals surface area contributed by atoms with Gasteiger partial charge in [-0.15, -0.1) is 0 Å². The van der Waals surface area contributed by atoms with Crippen LogP contribution in [0, 0.1) is 0 Å². The topological polar surface area (TPSA) is 129 Å². The van der Waals surface area contributed by atoms with Gasteiger partial charge in [-0.1, -0.05) is 35.3 Å². The van der Waals surface area contributed by atoms with Gasteiger partial charge in [0.15, 0.2) is 0 Å². The number of hydrogen-bond donors (Lipinski definition) is 3. The van der Waals surface area contributed by atoms with Crippen molar-refractivity contribution in [1.82, 2.24) is 19.7 Å². The Hall–Kier alpha value is -4.25. The molecule has 3 heterocycles. The second kappa shape index (κ2) is 12.5. The largest absolute Gasteiger partial charge is 0.506 e. The van der Waals surface area contributed by atoms with Crippen LogP contribution in [0.1, 0.15) is 33.7 Å². The summed E-state index contributed by atoms with van der Waals surface area (Å²) >= 11 is 11.9. The Labute approximate surface area is 245 Å². The molecule has 1 fully saturated rings. The van der Waals surface area contributed by atoms with Crippen molar-refractivity contribution in [2.45, 2.75) is 19.4 Å². The number of aromatic hydroxyl groups is 1. The first kappa shape index (κ1) is 28.3. The smallest absolute Gasteiger partial charge is 0.274 e. The lowest BCUT2D eigenvalue weighted by molar-refractivity contribution is 0.101. The summed E-state index contributed by atoms with van der Waals surface area (Å²) in [6.07, 6.45) is 5.28. The van der Waals surface area contributed by atoms with Crippen LogP contribution in [0.5, 0.6) is 5.75 Å². The zero-order valence-electron chi connectivity index (χ0n) is 21.8. The van der Waals surface area contributed by atoms with Crippen molar-refractivity contribution in [3.8, 4) is 16.9 Å². The molecule has 2 amide bonds. The third-order valence-corrected chi connectivity index (χ3v) is 7.17. The average Bonchev–Trinajstić information content (AvgIpc) is 3.48. The van der Waals surface area contributed by atoms with Gasteiger partial charge >= 0.3 is 0 Å². The molecular weight excluding hydrogens is 567 g/mol. The predicted octanol–water partition coefficient (Wildman–Crippen LogP) is 4.92. The normalized spacial score (nSPS) is 13.2. The Morgan fingerprint density at radius 3 is 2.37 bits per heavy atom. The molecular formula is C29H26Cl2N6O4. The van der Waals surface area contributed by atoms with Crippen LogP contribution in [0.15, 0.2) is 71.8 Å². The maximum Gasteiger partial charge on any atom is 0.274 e. The lowest BCUT2D eigenvalue weighted by atomic mass is 10.1. The van der Waals surface area contributed by atoms with Crippen molar-refractivity contribution in [2.24, 2.45) is 0 Å². The summed E-state index contributed by atoms with van der Waals surface area (Å²) in [5, 5.41) is 20.5. The fourth-order valence-electron chi connectivity index (χ4n) is 4.58. The molecule has 5 rings (SSSR count). The number of phenols is 1. The number of phenolic OH excluding ortho intramolecular Hbond substituents is 1. The van der Waals surface area contributed by atoms with Crippen LogP contribution in [0.4, 0.5) is 11.4 Å². The van der Waals surface area contributed by atoms with Crippen LogP contribution >= 0.6 is 23.2 Å². The number of likely N-dealkylation sites (tertiary alicyclic amines) is 1. The predicted molar refractivity (Wildman–Crippen MR) is 158 cm³/mol. The van der Waals surface area contributed by atoms with Gasteiger partial charge in [0.2, 0.25) is 0 Å². The van der Waals surface area contributed by atoms with Crippen molar-refractivity contribution < 1.29 is 14.7 Å². The number of carbonyl (C=O) groups excluding carboxylic acids is 2. The van der Waals surface area contributed by atoms with Crippen LogP contribution in [0.3, 0.4) is 0 Å². The summed E-state index contributed by atoms with van der Waals surface area (Å²) in [5.41, 5.74) is 1.29. The van der Waals surface area contributed by atoms with E-state index in [9.17, 15) is 19.5 Å². The number of rotatable bonds is 8. The Morgan fingerprint density at radius 2 is 1.66 bits per heavy atom. The van der Waals surface area contributed by atoms with E-state index in [-0.39, 0.29) is 39.0 Å². The molecule has 3 N–H and O–H groups in total. The van der Waals surface area contributed by atoms with Crippen LogP contribution in [-0.2, 0) is 6.54 Å².